The summed E-state index contributed by atoms with van der Waals surface area (Å²) in [4.78, 5) is 16.3. The number of nitrogens with one attached hydrogen (secondary N) is 2. The molecule has 1 amide bonds. The van der Waals surface area contributed by atoms with E-state index in [2.05, 4.69) is 35.5 Å². The normalized spacial score (nSPS) is 10.4. The van der Waals surface area contributed by atoms with Crippen molar-refractivity contribution in [3.63, 3.8) is 0 Å². The van der Waals surface area contributed by atoms with E-state index in [0.717, 1.165) is 11.4 Å². The average Bonchev–Trinajstić information content (AvgIpc) is 2.60. The predicted molar refractivity (Wildman–Crippen MR) is 102 cm³/mol. The first-order chi connectivity index (χ1) is 12.5. The highest BCUT2D eigenvalue weighted by Gasteiger charge is 2.07. The molecular weight excluding hydrogens is 329 g/mol. The number of nitrogens with zero attached hydrogens (tertiary/aromatic N) is 1. The number of carbonyl (C=O) groups excluding carboxylic acids is 1. The van der Waals surface area contributed by atoms with Gasteiger partial charge in [-0.05, 0) is 60.9 Å². The largest absolute Gasteiger partial charge is 0.354 e. The van der Waals surface area contributed by atoms with Gasteiger partial charge in [0.2, 0.25) is 5.91 Å². The summed E-state index contributed by atoms with van der Waals surface area (Å²) >= 11 is 0. The van der Waals surface area contributed by atoms with Crippen molar-refractivity contribution in [2.45, 2.75) is 20.3 Å². The molecule has 0 saturated carbocycles. The van der Waals surface area contributed by atoms with Crippen LogP contribution < -0.4 is 10.6 Å². The van der Waals surface area contributed by atoms with E-state index in [1.807, 2.05) is 18.2 Å². The monoisotopic (exact) mass is 349 g/mol. The van der Waals surface area contributed by atoms with Crippen LogP contribution >= 0.6 is 0 Å². The fourth-order valence-electron chi connectivity index (χ4n) is 2.60. The topological polar surface area (TPSA) is 54.0 Å². The first-order valence-corrected chi connectivity index (χ1v) is 8.35. The SMILES string of the molecule is Cc1cccc(Nc2ccc(NC(=O)Cc3cccc(F)c3)nc2)c1C. The number of halogens is 1. The van der Waals surface area contributed by atoms with Crippen LogP contribution in [-0.2, 0) is 11.2 Å². The van der Waals surface area contributed by atoms with Gasteiger partial charge in [-0.3, -0.25) is 4.79 Å². The summed E-state index contributed by atoms with van der Waals surface area (Å²) in [5.41, 5.74) is 4.87. The van der Waals surface area contributed by atoms with Gasteiger partial charge in [-0.2, -0.15) is 0 Å². The van der Waals surface area contributed by atoms with Gasteiger partial charge >= 0.3 is 0 Å². The summed E-state index contributed by atoms with van der Waals surface area (Å²) < 4.78 is 13.2. The summed E-state index contributed by atoms with van der Waals surface area (Å²) in [6.45, 7) is 4.13. The third-order valence-corrected chi connectivity index (χ3v) is 4.17. The van der Waals surface area contributed by atoms with Crippen LogP contribution in [0.3, 0.4) is 0 Å². The Kier molecular flexibility index (Phi) is 5.27. The van der Waals surface area contributed by atoms with Crippen molar-refractivity contribution in [3.8, 4) is 0 Å². The molecule has 4 nitrogen and oxygen atoms in total. The van der Waals surface area contributed by atoms with Gasteiger partial charge in [0.15, 0.2) is 0 Å². The van der Waals surface area contributed by atoms with E-state index >= 15 is 0 Å². The molecule has 0 bridgehead atoms. The fourth-order valence-corrected chi connectivity index (χ4v) is 2.60. The molecule has 1 aromatic heterocycles. The lowest BCUT2D eigenvalue weighted by atomic mass is 10.1. The van der Waals surface area contributed by atoms with Crippen molar-refractivity contribution in [1.82, 2.24) is 4.98 Å². The van der Waals surface area contributed by atoms with Crippen LogP contribution in [0.1, 0.15) is 16.7 Å². The molecule has 132 valence electrons. The van der Waals surface area contributed by atoms with Crippen LogP contribution in [0.2, 0.25) is 0 Å². The number of carbonyl (C=O) groups is 1. The Morgan fingerprint density at radius 2 is 1.88 bits per heavy atom. The van der Waals surface area contributed by atoms with Gasteiger partial charge in [0, 0.05) is 5.69 Å². The number of rotatable bonds is 5. The number of aromatic nitrogens is 1. The molecule has 0 aliphatic rings. The minimum Gasteiger partial charge on any atom is -0.354 e. The van der Waals surface area contributed by atoms with Crippen molar-refractivity contribution >= 4 is 23.1 Å². The number of benzene rings is 2. The Labute approximate surface area is 152 Å². The van der Waals surface area contributed by atoms with E-state index in [9.17, 15) is 9.18 Å². The van der Waals surface area contributed by atoms with Crippen molar-refractivity contribution < 1.29 is 9.18 Å². The maximum absolute atomic E-state index is 13.2. The lowest BCUT2D eigenvalue weighted by molar-refractivity contribution is -0.115. The number of amides is 1. The molecule has 2 aromatic carbocycles. The quantitative estimate of drug-likeness (QED) is 0.698. The molecule has 0 saturated heterocycles. The maximum atomic E-state index is 13.2. The van der Waals surface area contributed by atoms with Crippen molar-refractivity contribution in [1.29, 1.82) is 0 Å². The molecule has 0 unspecified atom stereocenters. The molecule has 3 rings (SSSR count). The summed E-state index contributed by atoms with van der Waals surface area (Å²) in [5.74, 6) is -0.133. The van der Waals surface area contributed by atoms with E-state index in [1.165, 1.54) is 23.3 Å². The number of hydrogen-bond donors (Lipinski definition) is 2. The molecular formula is C21H20FN3O. The van der Waals surface area contributed by atoms with Crippen LogP contribution in [0.5, 0.6) is 0 Å². The van der Waals surface area contributed by atoms with Crippen LogP contribution in [0.15, 0.2) is 60.8 Å². The summed E-state index contributed by atoms with van der Waals surface area (Å²) in [5, 5.41) is 6.04. The van der Waals surface area contributed by atoms with E-state index < -0.39 is 0 Å². The first-order valence-electron chi connectivity index (χ1n) is 8.35. The zero-order valence-corrected chi connectivity index (χ0v) is 14.7. The number of anilines is 3. The molecule has 0 atom stereocenters. The Morgan fingerprint density at radius 3 is 2.62 bits per heavy atom. The molecule has 2 N–H and O–H groups in total. The number of hydrogen-bond acceptors (Lipinski definition) is 3. The first kappa shape index (κ1) is 17.6. The predicted octanol–water partition coefficient (Wildman–Crippen LogP) is 4.76. The highest BCUT2D eigenvalue weighted by Crippen LogP contribution is 2.22. The standard InChI is InChI=1S/C21H20FN3O/c1-14-5-3-8-19(15(14)2)24-18-9-10-20(23-13-18)25-21(26)12-16-6-4-7-17(22)11-16/h3-11,13,24H,12H2,1-2H3,(H,23,25,26). The van der Waals surface area contributed by atoms with Gasteiger partial charge in [0.1, 0.15) is 11.6 Å². The second-order valence-electron chi connectivity index (χ2n) is 6.16. The van der Waals surface area contributed by atoms with Crippen molar-refractivity contribution in [2.24, 2.45) is 0 Å². The van der Waals surface area contributed by atoms with Crippen LogP contribution in [0.25, 0.3) is 0 Å². The Bertz CT molecular complexity index is 923. The van der Waals surface area contributed by atoms with Crippen LogP contribution in [-0.4, -0.2) is 10.9 Å². The molecule has 0 radical (unpaired) electrons. The number of pyridine rings is 1. The summed E-state index contributed by atoms with van der Waals surface area (Å²) in [6, 6.07) is 15.7. The Balaban J connectivity index is 1.62. The zero-order chi connectivity index (χ0) is 18.5. The van der Waals surface area contributed by atoms with Crippen molar-refractivity contribution in [3.05, 3.63) is 83.3 Å². The minimum absolute atomic E-state index is 0.0991. The second kappa shape index (κ2) is 7.78. The highest BCUT2D eigenvalue weighted by atomic mass is 19.1. The van der Waals surface area contributed by atoms with E-state index in [0.29, 0.717) is 11.4 Å². The molecule has 26 heavy (non-hydrogen) atoms. The molecule has 5 heteroatoms. The third kappa shape index (κ3) is 4.45. The molecule has 0 fully saturated rings. The number of aryl methyl sites for hydroxylation is 1. The van der Waals surface area contributed by atoms with E-state index in [4.69, 9.17) is 0 Å². The van der Waals surface area contributed by atoms with Gasteiger partial charge < -0.3 is 10.6 Å². The smallest absolute Gasteiger partial charge is 0.229 e. The fraction of sp³-hybridized carbons (Fsp3) is 0.143. The van der Waals surface area contributed by atoms with E-state index in [-0.39, 0.29) is 18.1 Å². The Hall–Kier alpha value is -3.21. The minimum atomic E-state index is -0.352. The molecule has 1 heterocycles. The van der Waals surface area contributed by atoms with Crippen LogP contribution in [0, 0.1) is 19.7 Å². The second-order valence-corrected chi connectivity index (χ2v) is 6.16. The molecule has 0 aliphatic carbocycles. The van der Waals surface area contributed by atoms with Gasteiger partial charge in [0.05, 0.1) is 18.3 Å². The molecule has 3 aromatic rings. The summed E-state index contributed by atoms with van der Waals surface area (Å²) in [6.07, 6.45) is 1.77. The van der Waals surface area contributed by atoms with Gasteiger partial charge in [0.25, 0.3) is 0 Å². The van der Waals surface area contributed by atoms with Gasteiger partial charge in [-0.15, -0.1) is 0 Å². The molecule has 0 aliphatic heterocycles. The lowest BCUT2D eigenvalue weighted by Crippen LogP contribution is -2.15. The van der Waals surface area contributed by atoms with E-state index in [1.54, 1.807) is 24.4 Å². The van der Waals surface area contributed by atoms with Gasteiger partial charge in [-0.25, -0.2) is 9.37 Å². The lowest BCUT2D eigenvalue weighted by Gasteiger charge is -2.12. The molecule has 0 spiro atoms. The van der Waals surface area contributed by atoms with Crippen molar-refractivity contribution in [2.75, 3.05) is 10.6 Å². The highest BCUT2D eigenvalue weighted by molar-refractivity contribution is 5.91. The Morgan fingerprint density at radius 1 is 1.08 bits per heavy atom. The zero-order valence-electron chi connectivity index (χ0n) is 14.7. The average molecular weight is 349 g/mol. The van der Waals surface area contributed by atoms with Gasteiger partial charge in [-0.1, -0.05) is 24.3 Å². The third-order valence-electron chi connectivity index (χ3n) is 4.17. The van der Waals surface area contributed by atoms with Crippen LogP contribution in [0.4, 0.5) is 21.6 Å². The summed E-state index contributed by atoms with van der Waals surface area (Å²) in [7, 11) is 0. The maximum Gasteiger partial charge on any atom is 0.229 e.